The predicted molar refractivity (Wildman–Crippen MR) is 56.2 cm³/mol. The number of phenolic OH excluding ortho intramolecular Hbond substituents is 1. The van der Waals surface area contributed by atoms with E-state index in [1.165, 1.54) is 0 Å². The molecule has 5 nitrogen and oxygen atoms in total. The molecule has 15 heavy (non-hydrogen) atoms. The number of benzene rings is 1. The molecule has 1 aromatic carbocycles. The fourth-order valence-corrected chi connectivity index (χ4v) is 1.44. The molecule has 0 bridgehead atoms. The SMILES string of the molecule is NCCn1nncc1-c1ccccc1O. The van der Waals surface area contributed by atoms with E-state index in [9.17, 15) is 5.11 Å². The maximum atomic E-state index is 9.67. The van der Waals surface area contributed by atoms with Gasteiger partial charge in [-0.1, -0.05) is 17.3 Å². The Morgan fingerprint density at radius 3 is 2.87 bits per heavy atom. The Labute approximate surface area is 87.1 Å². The molecule has 0 saturated carbocycles. The molecule has 0 fully saturated rings. The first kappa shape index (κ1) is 9.67. The van der Waals surface area contributed by atoms with Crippen molar-refractivity contribution in [2.24, 2.45) is 5.73 Å². The lowest BCUT2D eigenvalue weighted by molar-refractivity contribution is 0.476. The van der Waals surface area contributed by atoms with Crippen molar-refractivity contribution >= 4 is 0 Å². The minimum Gasteiger partial charge on any atom is -0.507 e. The molecular weight excluding hydrogens is 192 g/mol. The van der Waals surface area contributed by atoms with Crippen LogP contribution in [0, 0.1) is 0 Å². The van der Waals surface area contributed by atoms with Gasteiger partial charge in [-0.2, -0.15) is 0 Å². The third kappa shape index (κ3) is 1.82. The minimum absolute atomic E-state index is 0.220. The van der Waals surface area contributed by atoms with E-state index in [4.69, 9.17) is 5.73 Å². The van der Waals surface area contributed by atoms with E-state index in [0.717, 1.165) is 11.3 Å². The molecule has 5 heteroatoms. The van der Waals surface area contributed by atoms with Gasteiger partial charge in [0.15, 0.2) is 0 Å². The summed E-state index contributed by atoms with van der Waals surface area (Å²) in [5.74, 6) is 0.220. The summed E-state index contributed by atoms with van der Waals surface area (Å²) in [5, 5.41) is 17.4. The largest absolute Gasteiger partial charge is 0.507 e. The van der Waals surface area contributed by atoms with Gasteiger partial charge < -0.3 is 10.8 Å². The van der Waals surface area contributed by atoms with Gasteiger partial charge >= 0.3 is 0 Å². The lowest BCUT2D eigenvalue weighted by Crippen LogP contribution is -2.12. The average molecular weight is 204 g/mol. The fraction of sp³-hybridized carbons (Fsp3) is 0.200. The smallest absolute Gasteiger partial charge is 0.125 e. The molecule has 0 aliphatic rings. The summed E-state index contributed by atoms with van der Waals surface area (Å²) in [4.78, 5) is 0. The number of aromatic nitrogens is 3. The molecule has 3 N–H and O–H groups in total. The number of hydrogen-bond donors (Lipinski definition) is 2. The van der Waals surface area contributed by atoms with Crippen LogP contribution in [-0.2, 0) is 6.54 Å². The van der Waals surface area contributed by atoms with Crippen molar-refractivity contribution < 1.29 is 5.11 Å². The lowest BCUT2D eigenvalue weighted by atomic mass is 10.1. The van der Waals surface area contributed by atoms with Gasteiger partial charge in [-0.3, -0.25) is 0 Å². The second-order valence-electron chi connectivity index (χ2n) is 3.15. The summed E-state index contributed by atoms with van der Waals surface area (Å²) >= 11 is 0. The number of hydrogen-bond acceptors (Lipinski definition) is 4. The van der Waals surface area contributed by atoms with E-state index in [2.05, 4.69) is 10.3 Å². The molecule has 1 heterocycles. The zero-order chi connectivity index (χ0) is 10.7. The van der Waals surface area contributed by atoms with Crippen LogP contribution in [0.1, 0.15) is 0 Å². The quantitative estimate of drug-likeness (QED) is 0.768. The maximum Gasteiger partial charge on any atom is 0.125 e. The molecule has 1 aromatic heterocycles. The van der Waals surface area contributed by atoms with Crippen LogP contribution in [0.25, 0.3) is 11.3 Å². The molecule has 0 amide bonds. The molecule has 0 radical (unpaired) electrons. The third-order valence-corrected chi connectivity index (χ3v) is 2.14. The van der Waals surface area contributed by atoms with Crippen molar-refractivity contribution in [3.63, 3.8) is 0 Å². The molecule has 2 rings (SSSR count). The topological polar surface area (TPSA) is 77.0 Å². The minimum atomic E-state index is 0.220. The number of nitrogens with two attached hydrogens (primary N) is 1. The molecule has 0 spiro atoms. The zero-order valence-electron chi connectivity index (χ0n) is 8.17. The summed E-state index contributed by atoms with van der Waals surface area (Å²) in [6, 6.07) is 7.08. The van der Waals surface area contributed by atoms with Gasteiger partial charge in [0.1, 0.15) is 5.75 Å². The van der Waals surface area contributed by atoms with Crippen LogP contribution in [0.5, 0.6) is 5.75 Å². The predicted octanol–water partition coefficient (Wildman–Crippen LogP) is 0.609. The summed E-state index contributed by atoms with van der Waals surface area (Å²) in [5.41, 5.74) is 6.95. The summed E-state index contributed by atoms with van der Waals surface area (Å²) < 4.78 is 1.68. The number of para-hydroxylation sites is 1. The highest BCUT2D eigenvalue weighted by Crippen LogP contribution is 2.27. The van der Waals surface area contributed by atoms with Crippen molar-refractivity contribution in [2.45, 2.75) is 6.54 Å². The summed E-state index contributed by atoms with van der Waals surface area (Å²) in [7, 11) is 0. The second kappa shape index (κ2) is 4.10. The van der Waals surface area contributed by atoms with Crippen LogP contribution in [-0.4, -0.2) is 26.6 Å². The van der Waals surface area contributed by atoms with E-state index in [1.807, 2.05) is 12.1 Å². The van der Waals surface area contributed by atoms with Crippen LogP contribution in [0.4, 0.5) is 0 Å². The van der Waals surface area contributed by atoms with Crippen LogP contribution in [0.15, 0.2) is 30.5 Å². The maximum absolute atomic E-state index is 9.67. The Morgan fingerprint density at radius 1 is 1.33 bits per heavy atom. The summed E-state index contributed by atoms with van der Waals surface area (Å²) in [6.45, 7) is 1.08. The van der Waals surface area contributed by atoms with Crippen molar-refractivity contribution in [3.8, 4) is 17.0 Å². The van der Waals surface area contributed by atoms with Gasteiger partial charge in [-0.05, 0) is 12.1 Å². The van der Waals surface area contributed by atoms with Crippen molar-refractivity contribution in [1.29, 1.82) is 0 Å². The van der Waals surface area contributed by atoms with Crippen LogP contribution in [0.2, 0.25) is 0 Å². The Hall–Kier alpha value is -1.88. The van der Waals surface area contributed by atoms with Crippen molar-refractivity contribution in [3.05, 3.63) is 30.5 Å². The standard InChI is InChI=1S/C10H12N4O/c11-5-6-14-9(7-12-13-14)8-3-1-2-4-10(8)15/h1-4,7,15H,5-6,11H2. The van der Waals surface area contributed by atoms with Crippen LogP contribution in [0.3, 0.4) is 0 Å². The second-order valence-corrected chi connectivity index (χ2v) is 3.15. The fourth-order valence-electron chi connectivity index (χ4n) is 1.44. The Morgan fingerprint density at radius 2 is 2.13 bits per heavy atom. The monoisotopic (exact) mass is 204 g/mol. The normalized spacial score (nSPS) is 10.5. The average Bonchev–Trinajstić information content (AvgIpc) is 2.67. The first-order valence-corrected chi connectivity index (χ1v) is 4.70. The first-order chi connectivity index (χ1) is 7.33. The zero-order valence-corrected chi connectivity index (χ0v) is 8.17. The van der Waals surface area contributed by atoms with Crippen LogP contribution >= 0.6 is 0 Å². The molecule has 0 saturated heterocycles. The van der Waals surface area contributed by atoms with Crippen molar-refractivity contribution in [2.75, 3.05) is 6.54 Å². The number of aromatic hydroxyl groups is 1. The third-order valence-electron chi connectivity index (χ3n) is 2.14. The molecule has 78 valence electrons. The van der Waals surface area contributed by atoms with E-state index in [1.54, 1.807) is 23.0 Å². The van der Waals surface area contributed by atoms with Gasteiger partial charge in [-0.15, -0.1) is 5.10 Å². The number of rotatable bonds is 3. The van der Waals surface area contributed by atoms with Crippen molar-refractivity contribution in [1.82, 2.24) is 15.0 Å². The Bertz CT molecular complexity index is 452. The van der Waals surface area contributed by atoms with Gasteiger partial charge in [0.2, 0.25) is 0 Å². The van der Waals surface area contributed by atoms with Gasteiger partial charge in [-0.25, -0.2) is 4.68 Å². The Balaban J connectivity index is 2.45. The number of nitrogens with zero attached hydrogens (tertiary/aromatic N) is 3. The molecule has 0 unspecified atom stereocenters. The molecule has 0 aliphatic heterocycles. The van der Waals surface area contributed by atoms with E-state index >= 15 is 0 Å². The van der Waals surface area contributed by atoms with Crippen LogP contribution < -0.4 is 5.73 Å². The van der Waals surface area contributed by atoms with Gasteiger partial charge in [0.05, 0.1) is 18.4 Å². The number of phenols is 1. The molecule has 0 aliphatic carbocycles. The highest BCUT2D eigenvalue weighted by atomic mass is 16.3. The van der Waals surface area contributed by atoms with Gasteiger partial charge in [0, 0.05) is 12.1 Å². The molecule has 2 aromatic rings. The lowest BCUT2D eigenvalue weighted by Gasteiger charge is -2.05. The van der Waals surface area contributed by atoms with E-state index < -0.39 is 0 Å². The first-order valence-electron chi connectivity index (χ1n) is 4.70. The summed E-state index contributed by atoms with van der Waals surface area (Å²) in [6.07, 6.45) is 1.62. The Kier molecular flexibility index (Phi) is 2.64. The van der Waals surface area contributed by atoms with Gasteiger partial charge in [0.25, 0.3) is 0 Å². The van der Waals surface area contributed by atoms with E-state index in [0.29, 0.717) is 13.1 Å². The highest BCUT2D eigenvalue weighted by molar-refractivity contribution is 5.65. The van der Waals surface area contributed by atoms with E-state index in [-0.39, 0.29) is 5.75 Å². The highest BCUT2D eigenvalue weighted by Gasteiger charge is 2.09. The molecular formula is C10H12N4O. The molecule has 0 atom stereocenters.